The van der Waals surface area contributed by atoms with Crippen molar-refractivity contribution in [2.45, 2.75) is 64.0 Å². The van der Waals surface area contributed by atoms with E-state index in [1.807, 2.05) is 18.2 Å². The van der Waals surface area contributed by atoms with E-state index < -0.39 is 0 Å². The predicted molar refractivity (Wildman–Crippen MR) is 87.6 cm³/mol. The van der Waals surface area contributed by atoms with Crippen LogP contribution in [0.25, 0.3) is 0 Å². The summed E-state index contributed by atoms with van der Waals surface area (Å²) in [5.74, 6) is 1.55. The summed E-state index contributed by atoms with van der Waals surface area (Å²) in [7, 11) is 0. The van der Waals surface area contributed by atoms with Gasteiger partial charge in [0.25, 0.3) is 0 Å². The molecule has 0 radical (unpaired) electrons. The number of anilines is 1. The van der Waals surface area contributed by atoms with Crippen molar-refractivity contribution in [3.8, 4) is 5.75 Å². The fourth-order valence-corrected chi connectivity index (χ4v) is 3.73. The van der Waals surface area contributed by atoms with Gasteiger partial charge in [-0.15, -0.1) is 0 Å². The van der Waals surface area contributed by atoms with Crippen molar-refractivity contribution in [1.82, 2.24) is 5.32 Å². The van der Waals surface area contributed by atoms with Gasteiger partial charge in [-0.05, 0) is 50.8 Å². The van der Waals surface area contributed by atoms with Crippen molar-refractivity contribution < 1.29 is 9.53 Å². The molecule has 1 amide bonds. The maximum Gasteiger partial charge on any atom is 0.220 e. The molecule has 1 aromatic carbocycles. The standard InChI is InChI=1S/C18H26N2O2/c1-18(2)11-15(14-10-13(19)7-8-16(14)22-18)20-17(21)9-12-5-3-4-6-12/h7-8,10,12,15H,3-6,9,11,19H2,1-2H3,(H,20,21). The van der Waals surface area contributed by atoms with Crippen LogP contribution in [0.5, 0.6) is 5.75 Å². The molecule has 1 fully saturated rings. The first-order valence-electron chi connectivity index (χ1n) is 8.31. The van der Waals surface area contributed by atoms with E-state index in [4.69, 9.17) is 10.5 Å². The summed E-state index contributed by atoms with van der Waals surface area (Å²) >= 11 is 0. The van der Waals surface area contributed by atoms with Gasteiger partial charge in [-0.3, -0.25) is 4.79 Å². The Morgan fingerprint density at radius 3 is 2.82 bits per heavy atom. The average molecular weight is 302 g/mol. The fraction of sp³-hybridized carbons (Fsp3) is 0.611. The van der Waals surface area contributed by atoms with Crippen LogP contribution < -0.4 is 15.8 Å². The summed E-state index contributed by atoms with van der Waals surface area (Å²) in [6.07, 6.45) is 6.32. The molecular weight excluding hydrogens is 276 g/mol. The number of rotatable bonds is 3. The van der Waals surface area contributed by atoms with E-state index in [1.54, 1.807) is 0 Å². The molecule has 1 aromatic rings. The Balaban J connectivity index is 1.74. The zero-order valence-electron chi connectivity index (χ0n) is 13.5. The number of benzene rings is 1. The maximum absolute atomic E-state index is 12.4. The van der Waals surface area contributed by atoms with Crippen molar-refractivity contribution >= 4 is 11.6 Å². The number of fused-ring (bicyclic) bond motifs is 1. The number of nitrogens with one attached hydrogen (secondary N) is 1. The average Bonchev–Trinajstić information content (AvgIpc) is 2.91. The number of nitrogens with two attached hydrogens (primary N) is 1. The highest BCUT2D eigenvalue weighted by molar-refractivity contribution is 5.77. The lowest BCUT2D eigenvalue weighted by Crippen LogP contribution is -2.41. The van der Waals surface area contributed by atoms with Crippen molar-refractivity contribution in [3.63, 3.8) is 0 Å². The van der Waals surface area contributed by atoms with Gasteiger partial charge in [-0.1, -0.05) is 12.8 Å². The molecule has 4 heteroatoms. The van der Waals surface area contributed by atoms with Crippen LogP contribution in [-0.2, 0) is 4.79 Å². The Labute approximate surface area is 132 Å². The molecule has 1 atom stereocenters. The minimum Gasteiger partial charge on any atom is -0.487 e. The van der Waals surface area contributed by atoms with E-state index in [0.29, 0.717) is 18.0 Å². The van der Waals surface area contributed by atoms with Crippen LogP contribution >= 0.6 is 0 Å². The number of hydrogen-bond acceptors (Lipinski definition) is 3. The van der Waals surface area contributed by atoms with Crippen LogP contribution in [-0.4, -0.2) is 11.5 Å². The third-order valence-electron chi connectivity index (χ3n) is 4.78. The van der Waals surface area contributed by atoms with Crippen LogP contribution in [0.4, 0.5) is 5.69 Å². The summed E-state index contributed by atoms with van der Waals surface area (Å²) in [6.45, 7) is 4.12. The van der Waals surface area contributed by atoms with Gasteiger partial charge in [0, 0.05) is 24.1 Å². The van der Waals surface area contributed by atoms with E-state index >= 15 is 0 Å². The van der Waals surface area contributed by atoms with Crippen LogP contribution in [0.2, 0.25) is 0 Å². The van der Waals surface area contributed by atoms with Crippen LogP contribution in [0, 0.1) is 5.92 Å². The van der Waals surface area contributed by atoms with Crippen molar-refractivity contribution in [2.24, 2.45) is 5.92 Å². The highest BCUT2D eigenvalue weighted by Gasteiger charge is 2.35. The van der Waals surface area contributed by atoms with Gasteiger partial charge >= 0.3 is 0 Å². The van der Waals surface area contributed by atoms with E-state index in [1.165, 1.54) is 25.7 Å². The molecule has 0 aromatic heterocycles. The van der Waals surface area contributed by atoms with Gasteiger partial charge in [0.05, 0.1) is 6.04 Å². The Bertz CT molecular complexity index is 562. The first-order chi connectivity index (χ1) is 10.4. The van der Waals surface area contributed by atoms with E-state index in [2.05, 4.69) is 19.2 Å². The molecule has 120 valence electrons. The van der Waals surface area contributed by atoms with Crippen molar-refractivity contribution in [2.75, 3.05) is 5.73 Å². The second kappa shape index (κ2) is 5.82. The summed E-state index contributed by atoms with van der Waals surface area (Å²) < 4.78 is 6.01. The second-order valence-electron chi connectivity index (χ2n) is 7.34. The number of nitrogen functional groups attached to an aromatic ring is 1. The number of carbonyl (C=O) groups excluding carboxylic acids is 1. The smallest absolute Gasteiger partial charge is 0.220 e. The first-order valence-corrected chi connectivity index (χ1v) is 8.31. The molecule has 3 N–H and O–H groups in total. The van der Waals surface area contributed by atoms with Gasteiger partial charge in [0.15, 0.2) is 0 Å². The van der Waals surface area contributed by atoms with Gasteiger partial charge in [0.2, 0.25) is 5.91 Å². The first kappa shape index (κ1) is 15.2. The zero-order valence-corrected chi connectivity index (χ0v) is 13.5. The number of hydrogen-bond donors (Lipinski definition) is 2. The number of ether oxygens (including phenoxy) is 1. The Kier molecular flexibility index (Phi) is 4.02. The molecular formula is C18H26N2O2. The Morgan fingerprint density at radius 2 is 2.09 bits per heavy atom. The van der Waals surface area contributed by atoms with E-state index in [9.17, 15) is 4.79 Å². The molecule has 2 aliphatic rings. The molecule has 4 nitrogen and oxygen atoms in total. The summed E-state index contributed by atoms with van der Waals surface area (Å²) in [5, 5.41) is 3.21. The summed E-state index contributed by atoms with van der Waals surface area (Å²) in [5.41, 5.74) is 7.33. The molecule has 22 heavy (non-hydrogen) atoms. The molecule has 1 saturated carbocycles. The SMILES string of the molecule is CC1(C)CC(NC(=O)CC2CCCC2)c2cc(N)ccc2O1. The quantitative estimate of drug-likeness (QED) is 0.839. The van der Waals surface area contributed by atoms with Crippen molar-refractivity contribution in [3.05, 3.63) is 23.8 Å². The fourth-order valence-electron chi connectivity index (χ4n) is 3.73. The lowest BCUT2D eigenvalue weighted by atomic mass is 9.89. The summed E-state index contributed by atoms with van der Waals surface area (Å²) in [6, 6.07) is 5.65. The molecule has 1 aliphatic heterocycles. The number of amides is 1. The van der Waals surface area contributed by atoms with Gasteiger partial charge in [-0.2, -0.15) is 0 Å². The normalized spacial score (nSPS) is 23.6. The highest BCUT2D eigenvalue weighted by Crippen LogP contribution is 2.40. The topological polar surface area (TPSA) is 64.4 Å². The van der Waals surface area contributed by atoms with Crippen LogP contribution in [0.15, 0.2) is 18.2 Å². The van der Waals surface area contributed by atoms with Crippen LogP contribution in [0.1, 0.15) is 64.0 Å². The largest absolute Gasteiger partial charge is 0.487 e. The Hall–Kier alpha value is -1.71. The minimum atomic E-state index is -0.283. The lowest BCUT2D eigenvalue weighted by molar-refractivity contribution is -0.123. The third kappa shape index (κ3) is 3.37. The molecule has 3 rings (SSSR count). The lowest BCUT2D eigenvalue weighted by Gasteiger charge is -2.38. The minimum absolute atomic E-state index is 0.0175. The van der Waals surface area contributed by atoms with Gasteiger partial charge in [0.1, 0.15) is 11.4 Å². The predicted octanol–water partition coefficient (Wildman–Crippen LogP) is 3.57. The molecule has 1 heterocycles. The molecule has 0 spiro atoms. The van der Waals surface area contributed by atoms with Crippen LogP contribution in [0.3, 0.4) is 0 Å². The molecule has 1 unspecified atom stereocenters. The monoisotopic (exact) mass is 302 g/mol. The van der Waals surface area contributed by atoms with Gasteiger partial charge < -0.3 is 15.8 Å². The second-order valence-corrected chi connectivity index (χ2v) is 7.34. The van der Waals surface area contributed by atoms with E-state index in [0.717, 1.165) is 17.7 Å². The third-order valence-corrected chi connectivity index (χ3v) is 4.78. The highest BCUT2D eigenvalue weighted by atomic mass is 16.5. The zero-order chi connectivity index (χ0) is 15.7. The number of carbonyl (C=O) groups is 1. The van der Waals surface area contributed by atoms with E-state index in [-0.39, 0.29) is 17.6 Å². The molecule has 0 bridgehead atoms. The maximum atomic E-state index is 12.4. The molecule has 1 aliphatic carbocycles. The Morgan fingerprint density at radius 1 is 1.36 bits per heavy atom. The molecule has 0 saturated heterocycles. The van der Waals surface area contributed by atoms with Crippen molar-refractivity contribution in [1.29, 1.82) is 0 Å². The van der Waals surface area contributed by atoms with Gasteiger partial charge in [-0.25, -0.2) is 0 Å². The summed E-state index contributed by atoms with van der Waals surface area (Å²) in [4.78, 5) is 12.4.